The number of rotatable bonds is 4. The Bertz CT molecular complexity index is 216. The fraction of sp³-hybridized carbons (Fsp3) is 0.667. The summed E-state index contributed by atoms with van der Waals surface area (Å²) in [6.45, 7) is 2.40. The SMILES string of the molecule is CCC=C[P+]([O-])=C(O)C[N+](C)(C)C. The molecule has 0 radical (unpaired) electrons. The van der Waals surface area contributed by atoms with E-state index in [0.29, 0.717) is 11.0 Å². The number of nitrogens with zero attached hydrogens (tertiary/aromatic N) is 1. The average molecular weight is 204 g/mol. The van der Waals surface area contributed by atoms with Gasteiger partial charge in [0.1, 0.15) is 13.6 Å². The molecule has 3 nitrogen and oxygen atoms in total. The maximum absolute atomic E-state index is 11.3. The lowest BCUT2D eigenvalue weighted by molar-refractivity contribution is -0.861. The van der Waals surface area contributed by atoms with E-state index in [-0.39, 0.29) is 5.48 Å². The van der Waals surface area contributed by atoms with Gasteiger partial charge in [0.25, 0.3) is 5.48 Å². The average Bonchev–Trinajstić information content (AvgIpc) is 1.96. The molecule has 76 valence electrons. The molecular formula is C9H19NO2P+. The molecule has 1 unspecified atom stereocenters. The molecule has 0 spiro atoms. The van der Waals surface area contributed by atoms with Gasteiger partial charge in [-0.1, -0.05) is 6.92 Å². The van der Waals surface area contributed by atoms with Gasteiger partial charge in [-0.3, -0.25) is 0 Å². The number of quaternary nitrogens is 1. The van der Waals surface area contributed by atoms with Gasteiger partial charge in [-0.2, -0.15) is 0 Å². The lowest BCUT2D eigenvalue weighted by Gasteiger charge is -2.21. The Morgan fingerprint density at radius 2 is 2.00 bits per heavy atom. The molecule has 0 aromatic carbocycles. The number of hydrogen-bond donors (Lipinski definition) is 1. The molecule has 0 saturated carbocycles. The minimum Gasteiger partial charge on any atom is -0.624 e. The molecule has 0 aliphatic carbocycles. The number of hydrogen-bond acceptors (Lipinski definition) is 1. The first-order valence-electron chi connectivity index (χ1n) is 4.35. The Morgan fingerprint density at radius 1 is 1.46 bits per heavy atom. The minimum atomic E-state index is -1.69. The van der Waals surface area contributed by atoms with E-state index in [1.165, 1.54) is 0 Å². The Hall–Kier alpha value is -0.210. The molecule has 0 aromatic rings. The van der Waals surface area contributed by atoms with Crippen LogP contribution in [0.2, 0.25) is 0 Å². The van der Waals surface area contributed by atoms with Crippen LogP contribution in [0.15, 0.2) is 11.9 Å². The van der Waals surface area contributed by atoms with Crippen molar-refractivity contribution in [1.82, 2.24) is 0 Å². The van der Waals surface area contributed by atoms with Crippen LogP contribution in [-0.4, -0.2) is 42.8 Å². The normalized spacial score (nSPS) is 14.9. The summed E-state index contributed by atoms with van der Waals surface area (Å²) in [5.41, 5.74) is 0.0761. The third-order valence-electron chi connectivity index (χ3n) is 1.35. The summed E-state index contributed by atoms with van der Waals surface area (Å²) >= 11 is 0. The van der Waals surface area contributed by atoms with Crippen LogP contribution in [-0.2, 0) is 0 Å². The molecule has 0 aliphatic rings. The van der Waals surface area contributed by atoms with Crippen molar-refractivity contribution in [3.63, 3.8) is 0 Å². The van der Waals surface area contributed by atoms with E-state index in [2.05, 4.69) is 0 Å². The maximum Gasteiger partial charge on any atom is 0.279 e. The van der Waals surface area contributed by atoms with E-state index >= 15 is 0 Å². The molecule has 1 atom stereocenters. The Morgan fingerprint density at radius 3 is 2.38 bits per heavy atom. The topological polar surface area (TPSA) is 43.3 Å². The van der Waals surface area contributed by atoms with Gasteiger partial charge in [-0.25, -0.2) is 0 Å². The van der Waals surface area contributed by atoms with E-state index in [1.807, 2.05) is 34.1 Å². The van der Waals surface area contributed by atoms with E-state index in [4.69, 9.17) is 0 Å². The van der Waals surface area contributed by atoms with Crippen molar-refractivity contribution >= 4 is 13.3 Å². The monoisotopic (exact) mass is 204 g/mol. The van der Waals surface area contributed by atoms with Gasteiger partial charge in [0.05, 0.1) is 21.1 Å². The predicted octanol–water partition coefficient (Wildman–Crippen LogP) is 0.876. The predicted molar refractivity (Wildman–Crippen MR) is 56.2 cm³/mol. The Balaban J connectivity index is 4.36. The molecular weight excluding hydrogens is 185 g/mol. The lowest BCUT2D eigenvalue weighted by atomic mass is 10.5. The smallest absolute Gasteiger partial charge is 0.279 e. The van der Waals surface area contributed by atoms with Crippen molar-refractivity contribution < 1.29 is 14.5 Å². The molecule has 0 aliphatic heterocycles. The maximum atomic E-state index is 11.3. The highest BCUT2D eigenvalue weighted by atomic mass is 31.1. The summed E-state index contributed by atoms with van der Waals surface area (Å²) < 4.78 is 0.590. The third-order valence-corrected chi connectivity index (χ3v) is 2.48. The molecule has 0 fully saturated rings. The molecule has 0 bridgehead atoms. The van der Waals surface area contributed by atoms with Gasteiger partial charge in [0.15, 0.2) is 6.54 Å². The summed E-state index contributed by atoms with van der Waals surface area (Å²) in [7, 11) is 4.16. The first kappa shape index (κ1) is 12.8. The van der Waals surface area contributed by atoms with Gasteiger partial charge >= 0.3 is 0 Å². The molecule has 4 heteroatoms. The summed E-state index contributed by atoms with van der Waals surface area (Å²) in [6.07, 6.45) is 2.66. The summed E-state index contributed by atoms with van der Waals surface area (Å²) in [4.78, 5) is 11.3. The van der Waals surface area contributed by atoms with Gasteiger partial charge in [-0.15, -0.1) is 0 Å². The second-order valence-corrected chi connectivity index (χ2v) is 5.45. The highest BCUT2D eigenvalue weighted by Crippen LogP contribution is 2.15. The van der Waals surface area contributed by atoms with Crippen molar-refractivity contribution in [2.75, 3.05) is 27.7 Å². The number of likely N-dealkylation sites (N-methyl/N-ethyl adjacent to an activating group) is 1. The van der Waals surface area contributed by atoms with Crippen molar-refractivity contribution in [3.8, 4) is 0 Å². The molecule has 0 heterocycles. The Kier molecular flexibility index (Phi) is 5.42. The number of allylic oxidation sites excluding steroid dienone is 1. The third kappa shape index (κ3) is 6.91. The Labute approximate surface area is 81.4 Å². The van der Waals surface area contributed by atoms with Gasteiger partial charge < -0.3 is 14.5 Å². The molecule has 0 aromatic heterocycles. The molecule has 0 amide bonds. The van der Waals surface area contributed by atoms with Gasteiger partial charge in [0.2, 0.25) is 0 Å². The van der Waals surface area contributed by atoms with Gasteiger partial charge in [0, 0.05) is 0 Å². The zero-order valence-corrected chi connectivity index (χ0v) is 9.71. The van der Waals surface area contributed by atoms with Crippen LogP contribution in [0.4, 0.5) is 0 Å². The van der Waals surface area contributed by atoms with Crippen LogP contribution in [0.3, 0.4) is 0 Å². The van der Waals surface area contributed by atoms with E-state index < -0.39 is 7.77 Å². The largest absolute Gasteiger partial charge is 0.624 e. The highest BCUT2D eigenvalue weighted by Gasteiger charge is 2.15. The lowest BCUT2D eigenvalue weighted by Crippen LogP contribution is -2.39. The zero-order valence-electron chi connectivity index (χ0n) is 8.82. The van der Waals surface area contributed by atoms with Crippen LogP contribution in [0, 0.1) is 0 Å². The van der Waals surface area contributed by atoms with E-state index in [1.54, 1.807) is 5.82 Å². The van der Waals surface area contributed by atoms with Crippen molar-refractivity contribution in [2.45, 2.75) is 13.3 Å². The first-order chi connectivity index (χ1) is 5.87. The number of aliphatic hydroxyl groups excluding tert-OH is 1. The number of aliphatic hydroxyl groups is 1. The van der Waals surface area contributed by atoms with Crippen molar-refractivity contribution in [3.05, 3.63) is 11.9 Å². The first-order valence-corrected chi connectivity index (χ1v) is 5.68. The molecule has 13 heavy (non-hydrogen) atoms. The minimum absolute atomic E-state index is 0.0761. The second-order valence-electron chi connectivity index (χ2n) is 3.98. The second kappa shape index (κ2) is 5.51. The fourth-order valence-electron chi connectivity index (χ4n) is 0.781. The molecule has 0 rings (SSSR count). The zero-order chi connectivity index (χ0) is 10.5. The summed E-state index contributed by atoms with van der Waals surface area (Å²) in [5, 5.41) is 9.45. The van der Waals surface area contributed by atoms with Crippen molar-refractivity contribution in [1.29, 1.82) is 0 Å². The quantitative estimate of drug-likeness (QED) is 0.545. The standard InChI is InChI=1S/C9H18NO2P/c1-5-6-7-13(12)9(11)8-10(2,3)4/h6-7H,5,8H2,1-4H3/p+1. The van der Waals surface area contributed by atoms with Crippen LogP contribution < -0.4 is 4.89 Å². The highest BCUT2D eigenvalue weighted by molar-refractivity contribution is 7.54. The molecule has 1 N–H and O–H groups in total. The van der Waals surface area contributed by atoms with E-state index in [9.17, 15) is 10.00 Å². The van der Waals surface area contributed by atoms with Crippen LogP contribution in [0.25, 0.3) is 0 Å². The fourth-order valence-corrected chi connectivity index (χ4v) is 1.92. The van der Waals surface area contributed by atoms with Crippen LogP contribution in [0.5, 0.6) is 0 Å². The van der Waals surface area contributed by atoms with Crippen LogP contribution >= 0.6 is 7.77 Å². The van der Waals surface area contributed by atoms with Crippen molar-refractivity contribution in [2.24, 2.45) is 0 Å². The molecule has 0 saturated heterocycles. The summed E-state index contributed by atoms with van der Waals surface area (Å²) in [6, 6.07) is 0. The summed E-state index contributed by atoms with van der Waals surface area (Å²) in [5.74, 6) is 1.57. The van der Waals surface area contributed by atoms with Gasteiger partial charge in [-0.05, 0) is 12.5 Å². The van der Waals surface area contributed by atoms with E-state index in [0.717, 1.165) is 6.42 Å². The van der Waals surface area contributed by atoms with Crippen LogP contribution in [0.1, 0.15) is 13.3 Å².